The average Bonchev–Trinajstić information content (AvgIpc) is 1.44. The Kier molecular flexibility index (Phi) is 6.17. The highest BCUT2D eigenvalue weighted by molar-refractivity contribution is 7.81. The van der Waals surface area contributed by atoms with Crippen LogP contribution in [0.15, 0.2) is 0 Å². The van der Waals surface area contributed by atoms with Crippen LogP contribution in [0.25, 0.3) is 0 Å². The van der Waals surface area contributed by atoms with E-state index in [0.717, 1.165) is 0 Å². The van der Waals surface area contributed by atoms with Crippen LogP contribution in [0.3, 0.4) is 0 Å². The van der Waals surface area contributed by atoms with Gasteiger partial charge >= 0.3 is 0 Å². The summed E-state index contributed by atoms with van der Waals surface area (Å²) >= 11 is 0. The van der Waals surface area contributed by atoms with Crippen molar-refractivity contribution in [2.24, 2.45) is 0 Å². The molecule has 0 spiro atoms. The summed E-state index contributed by atoms with van der Waals surface area (Å²) in [6, 6.07) is 0. The molecular formula is C9H30Si5. The van der Waals surface area contributed by atoms with E-state index in [0.29, 0.717) is 0 Å². The minimum absolute atomic E-state index is 0. The van der Waals surface area contributed by atoms with E-state index in [2.05, 4.69) is 58.9 Å². The first kappa shape index (κ1) is 17.5. The summed E-state index contributed by atoms with van der Waals surface area (Å²) in [5.74, 6) is 0. The van der Waals surface area contributed by atoms with E-state index in [4.69, 9.17) is 0 Å². The molecule has 5 heteroatoms. The molecule has 0 aromatic carbocycles. The molecule has 0 bridgehead atoms. The molecule has 0 aliphatic carbocycles. The third-order valence-electron chi connectivity index (χ3n) is 2.25. The zero-order chi connectivity index (χ0) is 11.1. The largest absolute Gasteiger partial charge is 0.0721 e. The maximum Gasteiger partial charge on any atom is 0.0306 e. The Labute approximate surface area is 99.9 Å². The van der Waals surface area contributed by atoms with Crippen LogP contribution in [0.4, 0.5) is 0 Å². The van der Waals surface area contributed by atoms with Gasteiger partial charge in [0.1, 0.15) is 0 Å². The lowest BCUT2D eigenvalue weighted by molar-refractivity contribution is 1.77. The van der Waals surface area contributed by atoms with Gasteiger partial charge in [-0.1, -0.05) is 58.9 Å². The second-order valence-electron chi connectivity index (χ2n) is 7.12. The van der Waals surface area contributed by atoms with Gasteiger partial charge in [0.15, 0.2) is 0 Å². The molecule has 0 aromatic heterocycles. The highest BCUT2D eigenvalue weighted by Gasteiger charge is 2.46. The van der Waals surface area contributed by atoms with Crippen molar-refractivity contribution in [3.63, 3.8) is 0 Å². The zero-order valence-electron chi connectivity index (χ0n) is 12.0. The van der Waals surface area contributed by atoms with Crippen molar-refractivity contribution in [2.75, 3.05) is 0 Å². The molecule has 0 aliphatic rings. The predicted molar refractivity (Wildman–Crippen MR) is 85.7 cm³/mol. The number of hydrogen-bond donors (Lipinski definition) is 0. The maximum absolute atomic E-state index is 2.61. The van der Waals surface area contributed by atoms with Gasteiger partial charge in [-0.15, -0.1) is 0 Å². The topological polar surface area (TPSA) is 0 Å². The molecule has 0 heterocycles. The second kappa shape index (κ2) is 4.94. The van der Waals surface area contributed by atoms with Gasteiger partial charge in [-0.25, -0.2) is 0 Å². The SMILES string of the molecule is C[Si](C)(C)[Si]([Si](C)(C)C)[Si](C)(C)C.[SiH3]. The Hall–Kier alpha value is 1.08. The normalized spacial score (nSPS) is 14.1. The highest BCUT2D eigenvalue weighted by Crippen LogP contribution is 2.25. The minimum atomic E-state index is -0.832. The van der Waals surface area contributed by atoms with E-state index in [-0.39, 0.29) is 18.3 Å². The van der Waals surface area contributed by atoms with Gasteiger partial charge in [-0.3, -0.25) is 0 Å². The lowest BCUT2D eigenvalue weighted by Crippen LogP contribution is -2.70. The Morgan fingerprint density at radius 2 is 0.643 bits per heavy atom. The zero-order valence-corrected chi connectivity index (χ0v) is 18.0. The van der Waals surface area contributed by atoms with Gasteiger partial charge in [0.2, 0.25) is 0 Å². The van der Waals surface area contributed by atoms with Gasteiger partial charge in [0, 0.05) is 30.1 Å². The molecule has 0 atom stereocenters. The van der Waals surface area contributed by atoms with E-state index >= 15 is 0 Å². The van der Waals surface area contributed by atoms with Crippen molar-refractivity contribution < 1.29 is 0 Å². The van der Waals surface area contributed by atoms with Crippen LogP contribution in [0.5, 0.6) is 0 Å². The summed E-state index contributed by atoms with van der Waals surface area (Å²) in [7, 11) is -2.47. The lowest BCUT2D eigenvalue weighted by Gasteiger charge is -2.44. The molecule has 0 aliphatic heterocycles. The molecule has 0 aromatic rings. The summed E-state index contributed by atoms with van der Waals surface area (Å²) in [6.07, 6.45) is 0. The van der Waals surface area contributed by atoms with Crippen LogP contribution >= 0.6 is 0 Å². The molecule has 0 saturated heterocycles. The molecule has 0 amide bonds. The van der Waals surface area contributed by atoms with Crippen LogP contribution in [-0.2, 0) is 0 Å². The molecule has 0 saturated carbocycles. The van der Waals surface area contributed by atoms with Crippen LogP contribution in [0, 0.1) is 0 Å². The molecule has 0 unspecified atom stereocenters. The number of rotatable bonds is 3. The Bertz CT molecular complexity index is 136. The fourth-order valence-electron chi connectivity index (χ4n) is 3.38. The smallest absolute Gasteiger partial charge is 0.0306 e. The van der Waals surface area contributed by atoms with Crippen molar-refractivity contribution in [2.45, 2.75) is 58.9 Å². The highest BCUT2D eigenvalue weighted by atomic mass is 29.9. The van der Waals surface area contributed by atoms with E-state index in [9.17, 15) is 0 Å². The second-order valence-corrected chi connectivity index (χ2v) is 43.9. The van der Waals surface area contributed by atoms with Crippen molar-refractivity contribution >= 4 is 41.1 Å². The fourth-order valence-corrected chi connectivity index (χ4v) is 91.1. The lowest BCUT2D eigenvalue weighted by atomic mass is 11.8. The quantitative estimate of drug-likeness (QED) is 0.696. The molecular weight excluding hydrogens is 249 g/mol. The standard InChI is InChI=1S/C9H27Si4.H3Si/c1-11(2,3)10(12(4,5)6)13(7,8)9;/h1-9H3;1H3. The minimum Gasteiger partial charge on any atom is -0.0721 e. The summed E-state index contributed by atoms with van der Waals surface area (Å²) in [4.78, 5) is 0. The van der Waals surface area contributed by atoms with Crippen molar-refractivity contribution in [1.29, 1.82) is 0 Å². The van der Waals surface area contributed by atoms with E-state index < -0.39 is 22.8 Å². The summed E-state index contributed by atoms with van der Waals surface area (Å²) < 4.78 is 0. The Morgan fingerprint density at radius 3 is 0.643 bits per heavy atom. The molecule has 0 fully saturated rings. The Balaban J connectivity index is 0. The van der Waals surface area contributed by atoms with Gasteiger partial charge in [0.25, 0.3) is 0 Å². The van der Waals surface area contributed by atoms with Gasteiger partial charge in [-0.2, -0.15) is 0 Å². The van der Waals surface area contributed by atoms with Crippen molar-refractivity contribution in [3.05, 3.63) is 0 Å². The first-order chi connectivity index (χ1) is 5.37. The molecule has 2 radical (unpaired) electrons. The third kappa shape index (κ3) is 5.25. The first-order valence-electron chi connectivity index (χ1n) is 5.25. The maximum atomic E-state index is 2.61. The molecule has 86 valence electrons. The number of hydrogen-bond acceptors (Lipinski definition) is 0. The van der Waals surface area contributed by atoms with E-state index in [1.807, 2.05) is 0 Å². The Morgan fingerprint density at radius 1 is 0.500 bits per heavy atom. The molecule has 14 heavy (non-hydrogen) atoms. The molecule has 0 N–H and O–H groups in total. The molecule has 0 rings (SSSR count). The summed E-state index contributed by atoms with van der Waals surface area (Å²) in [6.45, 7) is 23.5. The van der Waals surface area contributed by atoms with E-state index in [1.54, 1.807) is 0 Å². The van der Waals surface area contributed by atoms with Gasteiger partial charge in [-0.05, 0) is 11.0 Å². The monoisotopic (exact) mass is 278 g/mol. The summed E-state index contributed by atoms with van der Waals surface area (Å²) in [5.41, 5.74) is 0. The van der Waals surface area contributed by atoms with Crippen LogP contribution in [0.1, 0.15) is 0 Å². The van der Waals surface area contributed by atoms with Crippen LogP contribution in [-0.4, -0.2) is 41.1 Å². The average molecular weight is 279 g/mol. The molecule has 0 nitrogen and oxygen atoms in total. The summed E-state index contributed by atoms with van der Waals surface area (Å²) in [5, 5.41) is 0. The predicted octanol–water partition coefficient (Wildman–Crippen LogP) is 2.55. The van der Waals surface area contributed by atoms with Gasteiger partial charge < -0.3 is 0 Å². The van der Waals surface area contributed by atoms with Crippen LogP contribution < -0.4 is 0 Å². The fraction of sp³-hybridized carbons (Fsp3) is 1.00. The van der Waals surface area contributed by atoms with E-state index in [1.165, 1.54) is 0 Å². The van der Waals surface area contributed by atoms with Crippen molar-refractivity contribution in [3.8, 4) is 0 Å². The van der Waals surface area contributed by atoms with Gasteiger partial charge in [0.05, 0.1) is 0 Å². The van der Waals surface area contributed by atoms with Crippen molar-refractivity contribution in [1.82, 2.24) is 0 Å². The third-order valence-corrected chi connectivity index (χ3v) is 60.8. The first-order valence-corrected chi connectivity index (χ1v) is 20.2. The van der Waals surface area contributed by atoms with Crippen LogP contribution in [0.2, 0.25) is 58.9 Å².